The molecule has 1 aromatic carbocycles. The number of hydrogen-bond acceptors (Lipinski definition) is 3. The molecular formula is C18H19ClN2O2S. The molecule has 2 aromatic rings. The molecule has 0 fully saturated rings. The molecule has 0 spiro atoms. The summed E-state index contributed by atoms with van der Waals surface area (Å²) in [6.45, 7) is 0. The second-order valence-corrected chi connectivity index (χ2v) is 7.50. The number of amides is 2. The van der Waals surface area contributed by atoms with Gasteiger partial charge in [-0.1, -0.05) is 30.2 Å². The van der Waals surface area contributed by atoms with Crippen LogP contribution in [0.25, 0.3) is 0 Å². The number of nitrogens with one attached hydrogen (secondary N) is 2. The predicted molar refractivity (Wildman–Crippen MR) is 96.3 cm³/mol. The van der Waals surface area contributed by atoms with E-state index in [1.165, 1.54) is 41.0 Å². The number of rotatable bonds is 3. The maximum atomic E-state index is 12.2. The Labute approximate surface area is 150 Å². The zero-order valence-corrected chi connectivity index (χ0v) is 14.8. The zero-order valence-electron chi connectivity index (χ0n) is 13.2. The fourth-order valence-corrected chi connectivity index (χ4v) is 4.07. The van der Waals surface area contributed by atoms with E-state index in [0.29, 0.717) is 9.90 Å². The van der Waals surface area contributed by atoms with E-state index in [0.717, 1.165) is 18.4 Å². The summed E-state index contributed by atoms with van der Waals surface area (Å²) in [4.78, 5) is 26.1. The Balaban J connectivity index is 1.53. The molecule has 0 aliphatic heterocycles. The van der Waals surface area contributed by atoms with Crippen molar-refractivity contribution in [1.82, 2.24) is 10.9 Å². The van der Waals surface area contributed by atoms with E-state index in [2.05, 4.69) is 10.9 Å². The Kier molecular flexibility index (Phi) is 5.53. The van der Waals surface area contributed by atoms with Gasteiger partial charge in [-0.3, -0.25) is 20.4 Å². The van der Waals surface area contributed by atoms with Gasteiger partial charge in [-0.25, -0.2) is 0 Å². The molecule has 0 atom stereocenters. The SMILES string of the molecule is O=C(Cc1ccc(Cl)cc1)NNC(=O)c1cc2c(s1)CCCCC2. The highest BCUT2D eigenvalue weighted by atomic mass is 35.5. The van der Waals surface area contributed by atoms with Crippen molar-refractivity contribution in [3.8, 4) is 0 Å². The highest BCUT2D eigenvalue weighted by molar-refractivity contribution is 7.14. The Morgan fingerprint density at radius 3 is 2.58 bits per heavy atom. The van der Waals surface area contributed by atoms with Crippen molar-refractivity contribution in [2.24, 2.45) is 0 Å². The maximum absolute atomic E-state index is 12.2. The summed E-state index contributed by atoms with van der Waals surface area (Å²) in [5.74, 6) is -0.513. The van der Waals surface area contributed by atoms with Crippen LogP contribution in [-0.2, 0) is 24.1 Å². The third-order valence-corrected chi connectivity index (χ3v) is 5.55. The molecule has 6 heteroatoms. The van der Waals surface area contributed by atoms with Gasteiger partial charge in [0.1, 0.15) is 0 Å². The molecule has 0 saturated heterocycles. The quantitative estimate of drug-likeness (QED) is 0.646. The van der Waals surface area contributed by atoms with Gasteiger partial charge < -0.3 is 0 Å². The molecule has 0 saturated carbocycles. The molecule has 126 valence electrons. The van der Waals surface area contributed by atoms with E-state index in [9.17, 15) is 9.59 Å². The predicted octanol–water partition coefficient (Wildman–Crippen LogP) is 3.67. The van der Waals surface area contributed by atoms with Crippen molar-refractivity contribution in [2.45, 2.75) is 38.5 Å². The van der Waals surface area contributed by atoms with Gasteiger partial charge in [0, 0.05) is 9.90 Å². The number of carbonyl (C=O) groups excluding carboxylic acids is 2. The minimum absolute atomic E-state index is 0.193. The number of hydrogen-bond donors (Lipinski definition) is 2. The lowest BCUT2D eigenvalue weighted by molar-refractivity contribution is -0.121. The molecule has 1 heterocycles. The number of halogens is 1. The monoisotopic (exact) mass is 362 g/mol. The topological polar surface area (TPSA) is 58.2 Å². The number of benzene rings is 1. The van der Waals surface area contributed by atoms with Crippen LogP contribution in [0.1, 0.15) is 44.9 Å². The second kappa shape index (κ2) is 7.81. The molecule has 1 aliphatic rings. The average Bonchev–Trinajstić information content (AvgIpc) is 2.86. The molecule has 4 nitrogen and oxygen atoms in total. The van der Waals surface area contributed by atoms with Crippen LogP contribution >= 0.6 is 22.9 Å². The van der Waals surface area contributed by atoms with Crippen molar-refractivity contribution in [1.29, 1.82) is 0 Å². The van der Waals surface area contributed by atoms with Crippen molar-refractivity contribution in [3.63, 3.8) is 0 Å². The lowest BCUT2D eigenvalue weighted by Gasteiger charge is -2.06. The van der Waals surface area contributed by atoms with Crippen LogP contribution in [0.4, 0.5) is 0 Å². The number of carbonyl (C=O) groups is 2. The van der Waals surface area contributed by atoms with Gasteiger partial charge >= 0.3 is 0 Å². The van der Waals surface area contributed by atoms with Gasteiger partial charge in [0.2, 0.25) is 5.91 Å². The van der Waals surface area contributed by atoms with Gasteiger partial charge in [0.15, 0.2) is 0 Å². The molecule has 24 heavy (non-hydrogen) atoms. The molecule has 1 aliphatic carbocycles. The van der Waals surface area contributed by atoms with Crippen LogP contribution in [-0.4, -0.2) is 11.8 Å². The summed E-state index contributed by atoms with van der Waals surface area (Å²) in [7, 11) is 0. The highest BCUT2D eigenvalue weighted by Crippen LogP contribution is 2.28. The largest absolute Gasteiger partial charge is 0.279 e. The van der Waals surface area contributed by atoms with Gasteiger partial charge in [-0.2, -0.15) is 0 Å². The minimum Gasteiger partial charge on any atom is -0.273 e. The summed E-state index contributed by atoms with van der Waals surface area (Å²) in [6.07, 6.45) is 5.91. The summed E-state index contributed by atoms with van der Waals surface area (Å²) < 4.78 is 0. The average molecular weight is 363 g/mol. The van der Waals surface area contributed by atoms with E-state index < -0.39 is 0 Å². The minimum atomic E-state index is -0.260. The maximum Gasteiger partial charge on any atom is 0.279 e. The zero-order chi connectivity index (χ0) is 16.9. The summed E-state index contributed by atoms with van der Waals surface area (Å²) in [5.41, 5.74) is 7.10. The van der Waals surface area contributed by atoms with Gasteiger partial charge in [-0.05, 0) is 55.0 Å². The summed E-state index contributed by atoms with van der Waals surface area (Å²) in [6, 6.07) is 9.02. The number of aryl methyl sites for hydroxylation is 2. The highest BCUT2D eigenvalue weighted by Gasteiger charge is 2.16. The normalized spacial score (nSPS) is 13.7. The lowest BCUT2D eigenvalue weighted by atomic mass is 10.1. The van der Waals surface area contributed by atoms with E-state index in [-0.39, 0.29) is 18.2 Å². The molecule has 0 unspecified atom stereocenters. The molecule has 0 bridgehead atoms. The Bertz CT molecular complexity index is 716. The molecule has 2 amide bonds. The van der Waals surface area contributed by atoms with Crippen LogP contribution < -0.4 is 10.9 Å². The lowest BCUT2D eigenvalue weighted by Crippen LogP contribution is -2.42. The van der Waals surface area contributed by atoms with E-state index in [1.54, 1.807) is 24.3 Å². The van der Waals surface area contributed by atoms with Gasteiger partial charge in [0.25, 0.3) is 5.91 Å². The third-order valence-electron chi connectivity index (χ3n) is 4.06. The van der Waals surface area contributed by atoms with Crippen LogP contribution in [0.2, 0.25) is 5.02 Å². The standard InChI is InChI=1S/C18H19ClN2O2S/c19-14-8-6-12(7-9-14)10-17(22)20-21-18(23)16-11-13-4-2-1-3-5-15(13)24-16/h6-9,11H,1-5,10H2,(H,20,22)(H,21,23). The Morgan fingerprint density at radius 1 is 1.04 bits per heavy atom. The van der Waals surface area contributed by atoms with Gasteiger partial charge in [0.05, 0.1) is 11.3 Å². The third kappa shape index (κ3) is 4.36. The first-order valence-corrected chi connectivity index (χ1v) is 9.26. The van der Waals surface area contributed by atoms with Crippen LogP contribution in [0, 0.1) is 0 Å². The number of thiophene rings is 1. The van der Waals surface area contributed by atoms with Gasteiger partial charge in [-0.15, -0.1) is 11.3 Å². The molecular weight excluding hydrogens is 344 g/mol. The molecule has 3 rings (SSSR count). The molecule has 2 N–H and O–H groups in total. The number of fused-ring (bicyclic) bond motifs is 1. The molecule has 1 aromatic heterocycles. The van der Waals surface area contributed by atoms with Crippen molar-refractivity contribution in [3.05, 3.63) is 56.2 Å². The fourth-order valence-electron chi connectivity index (χ4n) is 2.80. The smallest absolute Gasteiger partial charge is 0.273 e. The van der Waals surface area contributed by atoms with E-state index in [1.807, 2.05) is 6.07 Å². The van der Waals surface area contributed by atoms with E-state index >= 15 is 0 Å². The number of hydrazine groups is 1. The second-order valence-electron chi connectivity index (χ2n) is 5.93. The van der Waals surface area contributed by atoms with Crippen molar-refractivity contribution >= 4 is 34.8 Å². The first-order valence-electron chi connectivity index (χ1n) is 8.07. The van der Waals surface area contributed by atoms with Crippen LogP contribution in [0.5, 0.6) is 0 Å². The summed E-state index contributed by atoms with van der Waals surface area (Å²) >= 11 is 7.35. The van der Waals surface area contributed by atoms with E-state index in [4.69, 9.17) is 11.6 Å². The Hall–Kier alpha value is -1.85. The summed E-state index contributed by atoms with van der Waals surface area (Å²) in [5, 5.41) is 0.630. The Morgan fingerprint density at radius 2 is 1.79 bits per heavy atom. The molecule has 0 radical (unpaired) electrons. The van der Waals surface area contributed by atoms with Crippen LogP contribution in [0.15, 0.2) is 30.3 Å². The van der Waals surface area contributed by atoms with Crippen molar-refractivity contribution < 1.29 is 9.59 Å². The van der Waals surface area contributed by atoms with Crippen molar-refractivity contribution in [2.75, 3.05) is 0 Å². The first-order chi connectivity index (χ1) is 11.6. The fraction of sp³-hybridized carbons (Fsp3) is 0.333. The first kappa shape index (κ1) is 17.0. The van der Waals surface area contributed by atoms with Crippen LogP contribution in [0.3, 0.4) is 0 Å².